The first kappa shape index (κ1) is 8.10. The van der Waals surface area contributed by atoms with Crippen LogP contribution in [0.15, 0.2) is 24.3 Å². The summed E-state index contributed by atoms with van der Waals surface area (Å²) in [4.78, 5) is 10.7. The quantitative estimate of drug-likeness (QED) is 0.678. The van der Waals surface area contributed by atoms with Crippen molar-refractivity contribution in [3.63, 3.8) is 0 Å². The van der Waals surface area contributed by atoms with Crippen LogP contribution in [0.25, 0.3) is 0 Å². The van der Waals surface area contributed by atoms with Crippen LogP contribution in [0.3, 0.4) is 0 Å². The lowest BCUT2D eigenvalue weighted by Gasteiger charge is -2.21. The molecule has 1 aromatic rings. The largest absolute Gasteiger partial charge is 0.481 e. The summed E-state index contributed by atoms with van der Waals surface area (Å²) < 4.78 is 0. The van der Waals surface area contributed by atoms with Crippen LogP contribution in [0.1, 0.15) is 5.56 Å². The number of para-hydroxylation sites is 1. The number of nitrogens with one attached hydrogen (secondary N) is 1. The molecule has 0 fully saturated rings. The average Bonchev–Trinajstić information content (AvgIpc) is 2.17. The molecule has 0 bridgehead atoms. The molecular weight excluding hydrogens is 166 g/mol. The first-order valence-corrected chi connectivity index (χ1v) is 4.09. The van der Waals surface area contributed by atoms with Crippen molar-refractivity contribution in [1.29, 1.82) is 0 Å². The van der Waals surface area contributed by atoms with Crippen LogP contribution in [-0.2, 0) is 11.2 Å². The standard InChI is InChI=1S/C10H9NO2/c12-10(13)8-5-7-3-1-2-4-9(7)11-6-8/h1-4,8,11H,5H2,(H,12,13). The van der Waals surface area contributed by atoms with E-state index in [2.05, 4.69) is 11.9 Å². The lowest BCUT2D eigenvalue weighted by Crippen LogP contribution is -2.25. The minimum atomic E-state index is -0.831. The molecule has 0 amide bonds. The monoisotopic (exact) mass is 175 g/mol. The highest BCUT2D eigenvalue weighted by Gasteiger charge is 2.24. The molecule has 0 aromatic heterocycles. The third-order valence-electron chi connectivity index (χ3n) is 2.12. The molecule has 66 valence electrons. The van der Waals surface area contributed by atoms with E-state index in [4.69, 9.17) is 5.11 Å². The summed E-state index contributed by atoms with van der Waals surface area (Å²) in [6, 6.07) is 7.67. The minimum Gasteiger partial charge on any atom is -0.481 e. The molecule has 2 N–H and O–H groups in total. The van der Waals surface area contributed by atoms with Gasteiger partial charge in [-0.1, -0.05) is 18.2 Å². The fraction of sp³-hybridized carbons (Fsp3) is 0.200. The second-order valence-corrected chi connectivity index (χ2v) is 3.02. The zero-order valence-electron chi connectivity index (χ0n) is 6.95. The van der Waals surface area contributed by atoms with E-state index in [9.17, 15) is 4.79 Å². The lowest BCUT2D eigenvalue weighted by molar-refractivity contribution is -0.140. The number of aliphatic carboxylic acids is 1. The Kier molecular flexibility index (Phi) is 1.93. The molecule has 3 heteroatoms. The summed E-state index contributed by atoms with van der Waals surface area (Å²) in [5, 5.41) is 11.6. The number of fused-ring (bicyclic) bond motifs is 1. The first-order valence-electron chi connectivity index (χ1n) is 4.09. The van der Waals surface area contributed by atoms with Gasteiger partial charge in [0.15, 0.2) is 0 Å². The van der Waals surface area contributed by atoms with E-state index >= 15 is 0 Å². The molecule has 1 heterocycles. The molecule has 3 nitrogen and oxygen atoms in total. The second kappa shape index (κ2) is 3.09. The van der Waals surface area contributed by atoms with E-state index in [1.807, 2.05) is 24.3 Å². The van der Waals surface area contributed by atoms with Crippen molar-refractivity contribution in [2.24, 2.45) is 5.92 Å². The summed E-state index contributed by atoms with van der Waals surface area (Å²) >= 11 is 0. The van der Waals surface area contributed by atoms with Gasteiger partial charge in [0.2, 0.25) is 0 Å². The van der Waals surface area contributed by atoms with Crippen LogP contribution in [0.4, 0.5) is 5.69 Å². The Bertz CT molecular complexity index is 335. The third-order valence-corrected chi connectivity index (χ3v) is 2.12. The van der Waals surface area contributed by atoms with Gasteiger partial charge in [-0.25, -0.2) is 0 Å². The molecule has 0 saturated heterocycles. The molecule has 13 heavy (non-hydrogen) atoms. The van der Waals surface area contributed by atoms with Crippen LogP contribution in [0.2, 0.25) is 0 Å². The number of carboxylic acid groups (broad SMARTS) is 1. The molecule has 1 aromatic carbocycles. The maximum absolute atomic E-state index is 10.7. The fourth-order valence-electron chi connectivity index (χ4n) is 1.41. The number of carboxylic acids is 1. The van der Waals surface area contributed by atoms with Gasteiger partial charge in [0, 0.05) is 5.69 Å². The van der Waals surface area contributed by atoms with Gasteiger partial charge in [0.05, 0.1) is 5.92 Å². The number of hydrogen-bond donors (Lipinski definition) is 2. The average molecular weight is 175 g/mol. The molecule has 0 aliphatic carbocycles. The van der Waals surface area contributed by atoms with Crippen LogP contribution < -0.4 is 5.32 Å². The SMILES string of the molecule is O=C(O)C1[C]Nc2ccccc2C1. The Morgan fingerprint density at radius 2 is 2.31 bits per heavy atom. The van der Waals surface area contributed by atoms with Crippen molar-refractivity contribution in [1.82, 2.24) is 0 Å². The van der Waals surface area contributed by atoms with Crippen molar-refractivity contribution in [2.75, 3.05) is 5.32 Å². The van der Waals surface area contributed by atoms with Gasteiger partial charge >= 0.3 is 5.97 Å². The number of hydrogen-bond acceptors (Lipinski definition) is 2. The summed E-state index contributed by atoms with van der Waals surface area (Å²) in [5.74, 6) is -1.36. The zero-order valence-corrected chi connectivity index (χ0v) is 6.95. The molecule has 1 aliphatic rings. The Labute approximate surface area is 76.4 Å². The Morgan fingerprint density at radius 3 is 3.08 bits per heavy atom. The van der Waals surface area contributed by atoms with Crippen LogP contribution in [0.5, 0.6) is 0 Å². The van der Waals surface area contributed by atoms with Gasteiger partial charge in [0.25, 0.3) is 0 Å². The number of carbonyl (C=O) groups is 1. The number of rotatable bonds is 1. The first-order chi connectivity index (χ1) is 6.27. The molecule has 0 spiro atoms. The van der Waals surface area contributed by atoms with Crippen molar-refractivity contribution in [3.8, 4) is 0 Å². The highest BCUT2D eigenvalue weighted by Crippen LogP contribution is 2.26. The highest BCUT2D eigenvalue weighted by molar-refractivity contribution is 5.75. The predicted octanol–water partition coefficient (Wildman–Crippen LogP) is 1.39. The van der Waals surface area contributed by atoms with Crippen LogP contribution >= 0.6 is 0 Å². The fourth-order valence-corrected chi connectivity index (χ4v) is 1.41. The van der Waals surface area contributed by atoms with Gasteiger partial charge in [-0.2, -0.15) is 0 Å². The van der Waals surface area contributed by atoms with E-state index in [1.54, 1.807) is 0 Å². The number of anilines is 1. The number of benzene rings is 1. The lowest BCUT2D eigenvalue weighted by atomic mass is 9.94. The normalized spacial score (nSPS) is 20.2. The molecule has 1 unspecified atom stereocenters. The Morgan fingerprint density at radius 1 is 1.54 bits per heavy atom. The van der Waals surface area contributed by atoms with E-state index in [0.717, 1.165) is 11.3 Å². The molecule has 2 radical (unpaired) electrons. The summed E-state index contributed by atoms with van der Waals surface area (Å²) in [6.45, 7) is 2.73. The molecule has 0 saturated carbocycles. The van der Waals surface area contributed by atoms with E-state index in [1.165, 1.54) is 0 Å². The summed E-state index contributed by atoms with van der Waals surface area (Å²) in [6.07, 6.45) is 0.526. The maximum atomic E-state index is 10.7. The summed E-state index contributed by atoms with van der Waals surface area (Å²) in [7, 11) is 0. The van der Waals surface area contributed by atoms with E-state index < -0.39 is 11.9 Å². The van der Waals surface area contributed by atoms with Crippen LogP contribution in [-0.4, -0.2) is 11.1 Å². The Balaban J connectivity index is 2.24. The van der Waals surface area contributed by atoms with E-state index in [-0.39, 0.29) is 0 Å². The molecule has 1 atom stereocenters. The maximum Gasteiger partial charge on any atom is 0.309 e. The highest BCUT2D eigenvalue weighted by atomic mass is 16.4. The topological polar surface area (TPSA) is 49.3 Å². The molecular formula is C10H9NO2. The van der Waals surface area contributed by atoms with Gasteiger partial charge in [-0.05, 0) is 18.1 Å². The smallest absolute Gasteiger partial charge is 0.309 e. The zero-order chi connectivity index (χ0) is 9.26. The van der Waals surface area contributed by atoms with Crippen LogP contribution in [0, 0.1) is 12.5 Å². The van der Waals surface area contributed by atoms with Gasteiger partial charge in [0.1, 0.15) is 6.54 Å². The third kappa shape index (κ3) is 1.49. The van der Waals surface area contributed by atoms with Gasteiger partial charge < -0.3 is 10.4 Å². The molecule has 1 aliphatic heterocycles. The van der Waals surface area contributed by atoms with Crippen molar-refractivity contribution < 1.29 is 9.90 Å². The summed E-state index contributed by atoms with van der Waals surface area (Å²) in [5.41, 5.74) is 1.99. The predicted molar refractivity (Wildman–Crippen MR) is 48.1 cm³/mol. The van der Waals surface area contributed by atoms with Crippen molar-refractivity contribution in [3.05, 3.63) is 36.4 Å². The molecule has 2 rings (SSSR count). The van der Waals surface area contributed by atoms with Gasteiger partial charge in [-0.15, -0.1) is 0 Å². The van der Waals surface area contributed by atoms with Crippen molar-refractivity contribution >= 4 is 11.7 Å². The minimum absolute atomic E-state index is 0.526. The van der Waals surface area contributed by atoms with Gasteiger partial charge in [-0.3, -0.25) is 4.79 Å². The Hall–Kier alpha value is -1.51. The second-order valence-electron chi connectivity index (χ2n) is 3.02. The van der Waals surface area contributed by atoms with Crippen molar-refractivity contribution in [2.45, 2.75) is 6.42 Å². The van der Waals surface area contributed by atoms with E-state index in [0.29, 0.717) is 6.42 Å².